The summed E-state index contributed by atoms with van der Waals surface area (Å²) >= 11 is 1.52. The van der Waals surface area contributed by atoms with Crippen molar-refractivity contribution in [3.8, 4) is 0 Å². The third-order valence-corrected chi connectivity index (χ3v) is 6.36. The van der Waals surface area contributed by atoms with Gasteiger partial charge in [0.25, 0.3) is 0 Å². The van der Waals surface area contributed by atoms with Crippen LogP contribution in [0.2, 0.25) is 0 Å². The molecule has 2 aliphatic carbocycles. The van der Waals surface area contributed by atoms with Gasteiger partial charge in [-0.2, -0.15) is 0 Å². The molecule has 1 aromatic heterocycles. The van der Waals surface area contributed by atoms with Gasteiger partial charge in [0.05, 0.1) is 4.90 Å². The average Bonchev–Trinajstić information content (AvgIpc) is 3.01. The lowest BCUT2D eigenvalue weighted by atomic mass is 9.86. The molecule has 0 radical (unpaired) electrons. The van der Waals surface area contributed by atoms with Gasteiger partial charge in [-0.05, 0) is 37.7 Å². The van der Waals surface area contributed by atoms with E-state index in [4.69, 9.17) is 0 Å². The van der Waals surface area contributed by atoms with E-state index in [0.29, 0.717) is 23.4 Å². The van der Waals surface area contributed by atoms with Crippen molar-refractivity contribution in [2.45, 2.75) is 49.6 Å². The lowest BCUT2D eigenvalue weighted by Crippen LogP contribution is -2.32. The molecule has 1 aromatic rings. The van der Waals surface area contributed by atoms with Crippen LogP contribution in [0.3, 0.4) is 0 Å². The Kier molecular flexibility index (Phi) is 3.93. The molecule has 1 heterocycles. The molecule has 0 amide bonds. The van der Waals surface area contributed by atoms with Gasteiger partial charge in [-0.1, -0.05) is 6.42 Å². The third-order valence-electron chi connectivity index (χ3n) is 3.87. The second-order valence-corrected chi connectivity index (χ2v) is 8.32. The van der Waals surface area contributed by atoms with Crippen molar-refractivity contribution in [1.82, 2.24) is 10.0 Å². The molecule has 19 heavy (non-hydrogen) atoms. The molecule has 0 aromatic carbocycles. The van der Waals surface area contributed by atoms with Gasteiger partial charge in [0.2, 0.25) is 10.0 Å². The molecule has 0 aliphatic heterocycles. The average molecular weight is 300 g/mol. The van der Waals surface area contributed by atoms with Gasteiger partial charge in [-0.25, -0.2) is 13.1 Å². The SMILES string of the molecule is O=S(=O)(NCC1CCC1)c1csc(CNC2CC2)c1. The minimum atomic E-state index is -3.30. The summed E-state index contributed by atoms with van der Waals surface area (Å²) in [6.45, 7) is 1.38. The van der Waals surface area contributed by atoms with E-state index in [1.165, 1.54) is 30.6 Å². The first-order valence-electron chi connectivity index (χ1n) is 6.94. The molecule has 0 saturated heterocycles. The van der Waals surface area contributed by atoms with Crippen LogP contribution >= 0.6 is 11.3 Å². The molecule has 2 N–H and O–H groups in total. The van der Waals surface area contributed by atoms with Crippen LogP contribution in [0.15, 0.2) is 16.3 Å². The zero-order valence-electron chi connectivity index (χ0n) is 10.9. The maximum absolute atomic E-state index is 12.1. The second-order valence-electron chi connectivity index (χ2n) is 5.55. The smallest absolute Gasteiger partial charge is 0.241 e. The topological polar surface area (TPSA) is 58.2 Å². The number of hydrogen-bond acceptors (Lipinski definition) is 4. The van der Waals surface area contributed by atoms with Crippen molar-refractivity contribution in [2.24, 2.45) is 5.92 Å². The molecule has 106 valence electrons. The molecule has 0 unspecified atom stereocenters. The van der Waals surface area contributed by atoms with Crippen molar-refractivity contribution < 1.29 is 8.42 Å². The molecule has 0 spiro atoms. The predicted molar refractivity (Wildman–Crippen MR) is 76.7 cm³/mol. The van der Waals surface area contributed by atoms with Gasteiger partial charge in [-0.3, -0.25) is 0 Å². The Bertz CT molecular complexity index is 531. The van der Waals surface area contributed by atoms with Crippen LogP contribution in [0.25, 0.3) is 0 Å². The minimum absolute atomic E-state index is 0.421. The van der Waals surface area contributed by atoms with Gasteiger partial charge in [0.15, 0.2) is 0 Å². The predicted octanol–water partition coefficient (Wildman–Crippen LogP) is 2.08. The molecule has 0 atom stereocenters. The summed E-state index contributed by atoms with van der Waals surface area (Å²) in [5.74, 6) is 0.546. The largest absolute Gasteiger partial charge is 0.309 e. The fourth-order valence-electron chi connectivity index (χ4n) is 2.13. The van der Waals surface area contributed by atoms with Crippen molar-refractivity contribution >= 4 is 21.4 Å². The first-order chi connectivity index (χ1) is 9.13. The zero-order chi connectivity index (χ0) is 13.3. The summed E-state index contributed by atoms with van der Waals surface area (Å²) in [7, 11) is -3.30. The van der Waals surface area contributed by atoms with E-state index >= 15 is 0 Å². The Morgan fingerprint density at radius 1 is 1.26 bits per heavy atom. The summed E-state index contributed by atoms with van der Waals surface area (Å²) < 4.78 is 27.0. The molecule has 2 saturated carbocycles. The third kappa shape index (κ3) is 3.56. The standard InChI is InChI=1S/C13H20N2O2S2/c16-19(17,15-7-10-2-1-3-10)13-6-12(18-9-13)8-14-11-4-5-11/h6,9-11,14-15H,1-5,7-8H2. The van der Waals surface area contributed by atoms with Crippen LogP contribution in [0.4, 0.5) is 0 Å². The Hall–Kier alpha value is -0.430. The van der Waals surface area contributed by atoms with E-state index < -0.39 is 10.0 Å². The molecule has 0 bridgehead atoms. The minimum Gasteiger partial charge on any atom is -0.309 e. The summed E-state index contributed by atoms with van der Waals surface area (Å²) in [4.78, 5) is 1.51. The zero-order valence-corrected chi connectivity index (χ0v) is 12.5. The maximum atomic E-state index is 12.1. The fraction of sp³-hybridized carbons (Fsp3) is 0.692. The Labute approximate surface area is 118 Å². The van der Waals surface area contributed by atoms with Crippen LogP contribution < -0.4 is 10.0 Å². The second kappa shape index (κ2) is 5.52. The number of thiophene rings is 1. The highest BCUT2D eigenvalue weighted by Crippen LogP contribution is 2.26. The molecular weight excluding hydrogens is 280 g/mol. The lowest BCUT2D eigenvalue weighted by Gasteiger charge is -2.25. The van der Waals surface area contributed by atoms with E-state index in [-0.39, 0.29) is 0 Å². The highest BCUT2D eigenvalue weighted by Gasteiger charge is 2.23. The van der Waals surface area contributed by atoms with E-state index in [9.17, 15) is 8.42 Å². The monoisotopic (exact) mass is 300 g/mol. The van der Waals surface area contributed by atoms with E-state index in [1.807, 2.05) is 0 Å². The summed E-state index contributed by atoms with van der Waals surface area (Å²) in [6.07, 6.45) is 6.05. The van der Waals surface area contributed by atoms with Crippen molar-refractivity contribution in [3.05, 3.63) is 16.3 Å². The van der Waals surface area contributed by atoms with Crippen LogP contribution in [0.1, 0.15) is 37.0 Å². The molecule has 2 aliphatic rings. The molecular formula is C13H20N2O2S2. The molecule has 6 heteroatoms. The summed E-state index contributed by atoms with van der Waals surface area (Å²) in [6, 6.07) is 2.45. The van der Waals surface area contributed by atoms with Crippen LogP contribution in [0, 0.1) is 5.92 Å². The van der Waals surface area contributed by atoms with Crippen molar-refractivity contribution in [3.63, 3.8) is 0 Å². The first-order valence-corrected chi connectivity index (χ1v) is 9.30. The van der Waals surface area contributed by atoms with Gasteiger partial charge < -0.3 is 5.32 Å². The number of nitrogens with one attached hydrogen (secondary N) is 2. The summed E-state index contributed by atoms with van der Waals surface area (Å²) in [5.41, 5.74) is 0. The normalized spacial score (nSPS) is 20.4. The van der Waals surface area contributed by atoms with Crippen molar-refractivity contribution in [1.29, 1.82) is 0 Å². The number of sulfonamides is 1. The van der Waals surface area contributed by atoms with E-state index in [1.54, 1.807) is 11.4 Å². The molecule has 4 nitrogen and oxygen atoms in total. The Morgan fingerprint density at radius 2 is 2.05 bits per heavy atom. The van der Waals surface area contributed by atoms with Gasteiger partial charge >= 0.3 is 0 Å². The lowest BCUT2D eigenvalue weighted by molar-refractivity contribution is 0.316. The maximum Gasteiger partial charge on any atom is 0.241 e. The number of rotatable bonds is 7. The van der Waals surface area contributed by atoms with Gasteiger partial charge in [0, 0.05) is 29.4 Å². The quantitative estimate of drug-likeness (QED) is 0.810. The summed E-state index contributed by atoms with van der Waals surface area (Å²) in [5, 5.41) is 5.14. The highest BCUT2D eigenvalue weighted by molar-refractivity contribution is 7.89. The number of hydrogen-bond donors (Lipinski definition) is 2. The highest BCUT2D eigenvalue weighted by atomic mass is 32.2. The fourth-order valence-corrected chi connectivity index (χ4v) is 4.48. The van der Waals surface area contributed by atoms with Crippen LogP contribution in [0.5, 0.6) is 0 Å². The first kappa shape index (κ1) is 13.5. The van der Waals surface area contributed by atoms with Crippen molar-refractivity contribution in [2.75, 3.05) is 6.54 Å². The Balaban J connectivity index is 1.56. The van der Waals surface area contributed by atoms with Gasteiger partial charge in [-0.15, -0.1) is 11.3 Å². The molecule has 3 rings (SSSR count). The van der Waals surface area contributed by atoms with Gasteiger partial charge in [0.1, 0.15) is 0 Å². The van der Waals surface area contributed by atoms with E-state index in [0.717, 1.165) is 24.3 Å². The Morgan fingerprint density at radius 3 is 2.68 bits per heavy atom. The molecule has 2 fully saturated rings. The van der Waals surface area contributed by atoms with Crippen LogP contribution in [-0.4, -0.2) is 21.0 Å². The van der Waals surface area contributed by atoms with E-state index in [2.05, 4.69) is 10.0 Å². The van der Waals surface area contributed by atoms with Crippen LogP contribution in [-0.2, 0) is 16.6 Å².